The van der Waals surface area contributed by atoms with Crippen LogP contribution >= 0.6 is 11.3 Å². The molecule has 1 fully saturated rings. The highest BCUT2D eigenvalue weighted by Gasteiger charge is 2.24. The summed E-state index contributed by atoms with van der Waals surface area (Å²) in [5, 5.41) is 10.7. The van der Waals surface area contributed by atoms with E-state index < -0.39 is 0 Å². The Bertz CT molecular complexity index is 450. The maximum atomic E-state index is 9.45. The van der Waals surface area contributed by atoms with Gasteiger partial charge in [-0.15, -0.1) is 11.3 Å². The van der Waals surface area contributed by atoms with Crippen molar-refractivity contribution in [3.63, 3.8) is 0 Å². The lowest BCUT2D eigenvalue weighted by atomic mass is 10.1. The molecule has 2 aliphatic rings. The molecule has 1 aromatic rings. The number of aryl methyl sites for hydroxylation is 1. The van der Waals surface area contributed by atoms with E-state index in [1.807, 2.05) is 11.3 Å². The first kappa shape index (κ1) is 11.1. The SMILES string of the molecule is N#Cc1c(N2CCCC2)sc2c1CCCCC2. The monoisotopic (exact) mass is 246 g/mol. The van der Waals surface area contributed by atoms with Crippen LogP contribution in [0.3, 0.4) is 0 Å². The minimum atomic E-state index is 1.01. The largest absolute Gasteiger partial charge is 0.362 e. The molecule has 1 saturated heterocycles. The Hall–Kier alpha value is -1.01. The van der Waals surface area contributed by atoms with Gasteiger partial charge in [0.2, 0.25) is 0 Å². The summed E-state index contributed by atoms with van der Waals surface area (Å²) in [7, 11) is 0. The molecular formula is C14H18N2S. The van der Waals surface area contributed by atoms with Gasteiger partial charge < -0.3 is 4.90 Å². The molecule has 0 atom stereocenters. The number of nitrogens with zero attached hydrogens (tertiary/aromatic N) is 2. The Kier molecular flexibility index (Phi) is 3.07. The molecule has 3 rings (SSSR count). The van der Waals surface area contributed by atoms with Crippen LogP contribution in [0.4, 0.5) is 5.00 Å². The van der Waals surface area contributed by atoms with Gasteiger partial charge in [0.15, 0.2) is 0 Å². The van der Waals surface area contributed by atoms with Gasteiger partial charge in [-0.25, -0.2) is 0 Å². The zero-order valence-electron chi connectivity index (χ0n) is 10.2. The normalized spacial score (nSPS) is 19.8. The van der Waals surface area contributed by atoms with Crippen LogP contribution in [0.25, 0.3) is 0 Å². The summed E-state index contributed by atoms with van der Waals surface area (Å²) >= 11 is 1.90. The first-order valence-corrected chi connectivity index (χ1v) is 7.51. The molecule has 1 aliphatic carbocycles. The van der Waals surface area contributed by atoms with E-state index >= 15 is 0 Å². The highest BCUT2D eigenvalue weighted by molar-refractivity contribution is 7.16. The minimum Gasteiger partial charge on any atom is -0.362 e. The van der Waals surface area contributed by atoms with Crippen LogP contribution in [0.5, 0.6) is 0 Å². The van der Waals surface area contributed by atoms with E-state index in [0.717, 1.165) is 25.1 Å². The fourth-order valence-corrected chi connectivity index (χ4v) is 4.38. The molecule has 0 bridgehead atoms. The van der Waals surface area contributed by atoms with E-state index in [1.165, 1.54) is 54.0 Å². The summed E-state index contributed by atoms with van der Waals surface area (Å²) in [6, 6.07) is 2.48. The molecule has 1 aliphatic heterocycles. The Morgan fingerprint density at radius 2 is 1.76 bits per heavy atom. The van der Waals surface area contributed by atoms with Crippen molar-refractivity contribution in [1.29, 1.82) is 5.26 Å². The fraction of sp³-hybridized carbons (Fsp3) is 0.643. The lowest BCUT2D eigenvalue weighted by molar-refractivity contribution is 0.712. The highest BCUT2D eigenvalue weighted by Crippen LogP contribution is 2.40. The second kappa shape index (κ2) is 4.70. The predicted octanol–water partition coefficient (Wildman–Crippen LogP) is 3.49. The smallest absolute Gasteiger partial charge is 0.110 e. The Morgan fingerprint density at radius 1 is 1.00 bits per heavy atom. The van der Waals surface area contributed by atoms with Crippen LogP contribution in [-0.2, 0) is 12.8 Å². The topological polar surface area (TPSA) is 27.0 Å². The van der Waals surface area contributed by atoms with Crippen molar-refractivity contribution in [1.82, 2.24) is 0 Å². The van der Waals surface area contributed by atoms with Gasteiger partial charge in [-0.2, -0.15) is 5.26 Å². The average molecular weight is 246 g/mol. The molecule has 0 spiro atoms. The molecule has 17 heavy (non-hydrogen) atoms. The van der Waals surface area contributed by atoms with Gasteiger partial charge in [0, 0.05) is 18.0 Å². The van der Waals surface area contributed by atoms with Crippen molar-refractivity contribution in [3.8, 4) is 6.07 Å². The van der Waals surface area contributed by atoms with Gasteiger partial charge in [0.05, 0.1) is 5.56 Å². The summed E-state index contributed by atoms with van der Waals surface area (Å²) < 4.78 is 0. The van der Waals surface area contributed by atoms with Crippen molar-refractivity contribution < 1.29 is 0 Å². The van der Waals surface area contributed by atoms with E-state index in [1.54, 1.807) is 0 Å². The first-order valence-electron chi connectivity index (χ1n) is 6.70. The molecule has 0 aromatic carbocycles. The number of hydrogen-bond acceptors (Lipinski definition) is 3. The van der Waals surface area contributed by atoms with Gasteiger partial charge >= 0.3 is 0 Å². The summed E-state index contributed by atoms with van der Waals surface area (Å²) in [4.78, 5) is 3.93. The molecular weight excluding hydrogens is 228 g/mol. The van der Waals surface area contributed by atoms with Gasteiger partial charge in [-0.3, -0.25) is 0 Å². The summed E-state index contributed by atoms with van der Waals surface area (Å²) in [5.74, 6) is 0. The van der Waals surface area contributed by atoms with E-state index in [-0.39, 0.29) is 0 Å². The van der Waals surface area contributed by atoms with E-state index in [4.69, 9.17) is 0 Å². The average Bonchev–Trinajstić information content (AvgIpc) is 2.92. The quantitative estimate of drug-likeness (QED) is 0.709. The van der Waals surface area contributed by atoms with Gasteiger partial charge in [0.25, 0.3) is 0 Å². The third kappa shape index (κ3) is 1.95. The van der Waals surface area contributed by atoms with Crippen molar-refractivity contribution in [2.75, 3.05) is 18.0 Å². The Morgan fingerprint density at radius 3 is 2.53 bits per heavy atom. The van der Waals surface area contributed by atoms with Crippen LogP contribution < -0.4 is 4.90 Å². The zero-order chi connectivity index (χ0) is 11.7. The third-order valence-corrected chi connectivity index (χ3v) is 5.26. The molecule has 90 valence electrons. The predicted molar refractivity (Wildman–Crippen MR) is 71.7 cm³/mol. The van der Waals surface area contributed by atoms with Crippen molar-refractivity contribution in [2.45, 2.75) is 44.9 Å². The van der Waals surface area contributed by atoms with Crippen LogP contribution in [0, 0.1) is 11.3 Å². The van der Waals surface area contributed by atoms with E-state index in [2.05, 4.69) is 11.0 Å². The maximum absolute atomic E-state index is 9.45. The second-order valence-electron chi connectivity index (χ2n) is 5.05. The number of fused-ring (bicyclic) bond motifs is 1. The lowest BCUT2D eigenvalue weighted by Gasteiger charge is -2.15. The molecule has 2 heterocycles. The first-order chi connectivity index (χ1) is 8.40. The number of nitriles is 1. The highest BCUT2D eigenvalue weighted by atomic mass is 32.1. The Balaban J connectivity index is 2.01. The van der Waals surface area contributed by atoms with Crippen molar-refractivity contribution >= 4 is 16.3 Å². The molecule has 0 unspecified atom stereocenters. The summed E-state index contributed by atoms with van der Waals surface area (Å²) in [6.07, 6.45) is 8.78. The van der Waals surface area contributed by atoms with Crippen LogP contribution in [0.15, 0.2) is 0 Å². The molecule has 3 heteroatoms. The van der Waals surface area contributed by atoms with E-state index in [9.17, 15) is 5.26 Å². The number of rotatable bonds is 1. The number of hydrogen-bond donors (Lipinski definition) is 0. The van der Waals surface area contributed by atoms with Gasteiger partial charge in [0.1, 0.15) is 11.1 Å². The minimum absolute atomic E-state index is 1.01. The van der Waals surface area contributed by atoms with Crippen molar-refractivity contribution in [3.05, 3.63) is 16.0 Å². The molecule has 0 radical (unpaired) electrons. The van der Waals surface area contributed by atoms with E-state index in [0.29, 0.717) is 0 Å². The molecule has 0 N–H and O–H groups in total. The van der Waals surface area contributed by atoms with Crippen LogP contribution in [0.1, 0.15) is 48.1 Å². The Labute approximate surface area is 107 Å². The standard InChI is InChI=1S/C14H18N2S/c15-10-12-11-6-2-1-3-7-13(11)17-14(12)16-8-4-5-9-16/h1-9H2. The lowest BCUT2D eigenvalue weighted by Crippen LogP contribution is -2.17. The van der Waals surface area contributed by atoms with Gasteiger partial charge in [-0.1, -0.05) is 6.42 Å². The second-order valence-corrected chi connectivity index (χ2v) is 6.13. The van der Waals surface area contributed by atoms with Crippen molar-refractivity contribution in [2.24, 2.45) is 0 Å². The third-order valence-electron chi connectivity index (χ3n) is 3.91. The zero-order valence-corrected chi connectivity index (χ0v) is 11.0. The molecule has 0 saturated carbocycles. The van der Waals surface area contributed by atoms with Crippen LogP contribution in [0.2, 0.25) is 0 Å². The molecule has 2 nitrogen and oxygen atoms in total. The number of thiophene rings is 1. The fourth-order valence-electron chi connectivity index (χ4n) is 2.99. The number of anilines is 1. The van der Waals surface area contributed by atoms with Gasteiger partial charge in [-0.05, 0) is 44.1 Å². The summed E-state index contributed by atoms with van der Waals surface area (Å²) in [6.45, 7) is 2.29. The maximum Gasteiger partial charge on any atom is 0.110 e. The summed E-state index contributed by atoms with van der Waals surface area (Å²) in [5.41, 5.74) is 2.39. The van der Waals surface area contributed by atoms with Crippen LogP contribution in [-0.4, -0.2) is 13.1 Å². The molecule has 1 aromatic heterocycles. The molecule has 0 amide bonds.